The molecule has 0 spiro atoms. The standard InChI is InChI=1S/C24H47NO7/c1-11-24(10,32-16-20(2,3)12-26)19(28)30-15-21(4,5)13-29-14-22(6,7)17-31-23(8,9)18(25)27/h26H,11-17H2,1-10H3,(H2,25,27). The van der Waals surface area contributed by atoms with Gasteiger partial charge in [0.05, 0.1) is 39.6 Å². The van der Waals surface area contributed by atoms with Gasteiger partial charge in [0.2, 0.25) is 5.91 Å². The van der Waals surface area contributed by atoms with Gasteiger partial charge < -0.3 is 29.8 Å². The molecule has 1 amide bonds. The number of nitrogens with two attached hydrogens (primary N) is 1. The summed E-state index contributed by atoms with van der Waals surface area (Å²) in [5, 5.41) is 9.41. The molecule has 0 rings (SSSR count). The fourth-order valence-corrected chi connectivity index (χ4v) is 2.25. The Morgan fingerprint density at radius 3 is 1.66 bits per heavy atom. The van der Waals surface area contributed by atoms with Gasteiger partial charge in [-0.2, -0.15) is 0 Å². The molecule has 0 aromatic carbocycles. The second-order valence-electron chi connectivity index (χ2n) is 11.8. The Morgan fingerprint density at radius 2 is 1.22 bits per heavy atom. The third kappa shape index (κ3) is 11.1. The van der Waals surface area contributed by atoms with E-state index in [2.05, 4.69) is 0 Å². The van der Waals surface area contributed by atoms with Gasteiger partial charge in [-0.1, -0.05) is 48.5 Å². The third-order valence-electron chi connectivity index (χ3n) is 5.31. The molecule has 0 saturated heterocycles. The number of amides is 1. The van der Waals surface area contributed by atoms with Crippen LogP contribution in [-0.4, -0.2) is 67.8 Å². The van der Waals surface area contributed by atoms with Crippen molar-refractivity contribution in [2.75, 3.05) is 39.6 Å². The number of esters is 1. The molecule has 1 unspecified atom stereocenters. The lowest BCUT2D eigenvalue weighted by atomic mass is 9.93. The van der Waals surface area contributed by atoms with Gasteiger partial charge in [-0.3, -0.25) is 4.79 Å². The summed E-state index contributed by atoms with van der Waals surface area (Å²) in [7, 11) is 0. The van der Waals surface area contributed by atoms with Crippen LogP contribution in [-0.2, 0) is 28.5 Å². The van der Waals surface area contributed by atoms with E-state index in [9.17, 15) is 14.7 Å². The predicted molar refractivity (Wildman–Crippen MR) is 124 cm³/mol. The molecule has 0 aromatic rings. The molecular formula is C24H47NO7. The number of hydrogen-bond acceptors (Lipinski definition) is 7. The molecular weight excluding hydrogens is 414 g/mol. The quantitative estimate of drug-likeness (QED) is 0.339. The highest BCUT2D eigenvalue weighted by Gasteiger charge is 2.37. The van der Waals surface area contributed by atoms with E-state index in [1.165, 1.54) is 0 Å². The molecule has 0 fully saturated rings. The Kier molecular flexibility index (Phi) is 11.3. The minimum atomic E-state index is -1.07. The number of carbonyl (C=O) groups excluding carboxylic acids is 2. The van der Waals surface area contributed by atoms with Crippen LogP contribution >= 0.6 is 0 Å². The van der Waals surface area contributed by atoms with E-state index in [4.69, 9.17) is 24.7 Å². The Labute approximate surface area is 194 Å². The van der Waals surface area contributed by atoms with Gasteiger partial charge in [0.15, 0.2) is 5.60 Å². The predicted octanol–water partition coefficient (Wildman–Crippen LogP) is 3.08. The first-order valence-electron chi connectivity index (χ1n) is 11.3. The first-order valence-corrected chi connectivity index (χ1v) is 11.3. The van der Waals surface area contributed by atoms with Crippen molar-refractivity contribution in [1.82, 2.24) is 0 Å². The molecule has 0 aliphatic rings. The van der Waals surface area contributed by atoms with Crippen LogP contribution in [0.1, 0.15) is 75.7 Å². The Hall–Kier alpha value is -1.22. The van der Waals surface area contributed by atoms with Gasteiger partial charge in [-0.15, -0.1) is 0 Å². The van der Waals surface area contributed by atoms with Crippen LogP contribution in [0.4, 0.5) is 0 Å². The fraction of sp³-hybridized carbons (Fsp3) is 0.917. The molecule has 0 aromatic heterocycles. The monoisotopic (exact) mass is 461 g/mol. The van der Waals surface area contributed by atoms with Crippen molar-refractivity contribution in [2.45, 2.75) is 86.9 Å². The number of primary amides is 1. The zero-order chi connectivity index (χ0) is 25.4. The fourth-order valence-electron chi connectivity index (χ4n) is 2.25. The van der Waals surface area contributed by atoms with Gasteiger partial charge in [0.25, 0.3) is 0 Å². The second kappa shape index (κ2) is 11.8. The summed E-state index contributed by atoms with van der Waals surface area (Å²) in [6.07, 6.45) is 0.458. The minimum Gasteiger partial charge on any atom is -0.463 e. The van der Waals surface area contributed by atoms with Crippen molar-refractivity contribution in [3.05, 3.63) is 0 Å². The maximum absolute atomic E-state index is 12.7. The lowest BCUT2D eigenvalue weighted by Crippen LogP contribution is -2.44. The van der Waals surface area contributed by atoms with Crippen molar-refractivity contribution in [2.24, 2.45) is 22.0 Å². The van der Waals surface area contributed by atoms with E-state index in [0.29, 0.717) is 26.2 Å². The van der Waals surface area contributed by atoms with Gasteiger partial charge in [0.1, 0.15) is 5.60 Å². The van der Waals surface area contributed by atoms with Crippen LogP contribution in [0, 0.1) is 16.2 Å². The summed E-state index contributed by atoms with van der Waals surface area (Å²) >= 11 is 0. The molecule has 8 nitrogen and oxygen atoms in total. The van der Waals surface area contributed by atoms with Crippen molar-refractivity contribution in [1.29, 1.82) is 0 Å². The summed E-state index contributed by atoms with van der Waals surface area (Å²) in [5.74, 6) is -0.940. The molecule has 0 aliphatic heterocycles. The molecule has 1 atom stereocenters. The zero-order valence-electron chi connectivity index (χ0n) is 21.9. The molecule has 0 bridgehead atoms. The van der Waals surface area contributed by atoms with Crippen LogP contribution in [0.3, 0.4) is 0 Å². The average molecular weight is 462 g/mol. The molecule has 32 heavy (non-hydrogen) atoms. The maximum atomic E-state index is 12.7. The molecule has 0 saturated carbocycles. The third-order valence-corrected chi connectivity index (χ3v) is 5.31. The lowest BCUT2D eigenvalue weighted by Gasteiger charge is -2.33. The Morgan fingerprint density at radius 1 is 0.750 bits per heavy atom. The van der Waals surface area contributed by atoms with Crippen LogP contribution < -0.4 is 5.73 Å². The molecule has 0 radical (unpaired) electrons. The van der Waals surface area contributed by atoms with Crippen LogP contribution in [0.2, 0.25) is 0 Å². The average Bonchev–Trinajstić information content (AvgIpc) is 2.68. The van der Waals surface area contributed by atoms with Gasteiger partial charge in [-0.25, -0.2) is 4.79 Å². The van der Waals surface area contributed by atoms with Crippen molar-refractivity contribution < 1.29 is 33.6 Å². The molecule has 8 heteroatoms. The lowest BCUT2D eigenvalue weighted by molar-refractivity contribution is -0.179. The van der Waals surface area contributed by atoms with E-state index < -0.39 is 33.9 Å². The van der Waals surface area contributed by atoms with Crippen LogP contribution in [0.15, 0.2) is 0 Å². The largest absolute Gasteiger partial charge is 0.463 e. The summed E-state index contributed by atoms with van der Waals surface area (Å²) < 4.78 is 23.0. The van der Waals surface area contributed by atoms with Crippen LogP contribution in [0.5, 0.6) is 0 Å². The van der Waals surface area contributed by atoms with E-state index in [1.54, 1.807) is 20.8 Å². The topological polar surface area (TPSA) is 117 Å². The summed E-state index contributed by atoms with van der Waals surface area (Å²) in [6.45, 7) is 20.0. The summed E-state index contributed by atoms with van der Waals surface area (Å²) in [5.41, 5.74) is 2.07. The highest BCUT2D eigenvalue weighted by atomic mass is 16.6. The second-order valence-corrected chi connectivity index (χ2v) is 11.8. The maximum Gasteiger partial charge on any atom is 0.338 e. The minimum absolute atomic E-state index is 0.0341. The van der Waals surface area contributed by atoms with E-state index in [-0.39, 0.29) is 25.2 Å². The molecule has 190 valence electrons. The van der Waals surface area contributed by atoms with Gasteiger partial charge in [0, 0.05) is 16.2 Å². The number of rotatable bonds is 16. The normalized spacial score (nSPS) is 15.3. The highest BCUT2D eigenvalue weighted by Crippen LogP contribution is 2.26. The van der Waals surface area contributed by atoms with Crippen molar-refractivity contribution in [3.8, 4) is 0 Å². The summed E-state index contributed by atoms with van der Waals surface area (Å²) in [4.78, 5) is 24.1. The zero-order valence-corrected chi connectivity index (χ0v) is 21.9. The van der Waals surface area contributed by atoms with E-state index in [0.717, 1.165) is 0 Å². The number of aliphatic hydroxyl groups is 1. The Bertz CT molecular complexity index is 613. The Balaban J connectivity index is 4.65. The van der Waals surface area contributed by atoms with Gasteiger partial charge >= 0.3 is 5.97 Å². The molecule has 0 aliphatic carbocycles. The first-order chi connectivity index (χ1) is 14.3. The molecule has 0 heterocycles. The molecule has 3 N–H and O–H groups in total. The number of carbonyl (C=O) groups is 2. The highest BCUT2D eigenvalue weighted by molar-refractivity contribution is 5.82. The van der Waals surface area contributed by atoms with Gasteiger partial charge in [-0.05, 0) is 27.2 Å². The van der Waals surface area contributed by atoms with Crippen molar-refractivity contribution in [3.63, 3.8) is 0 Å². The number of ether oxygens (including phenoxy) is 4. The van der Waals surface area contributed by atoms with Crippen LogP contribution in [0.25, 0.3) is 0 Å². The first kappa shape index (κ1) is 30.8. The number of aliphatic hydroxyl groups excluding tert-OH is 1. The van der Waals surface area contributed by atoms with E-state index >= 15 is 0 Å². The number of hydrogen-bond donors (Lipinski definition) is 2. The smallest absolute Gasteiger partial charge is 0.338 e. The van der Waals surface area contributed by atoms with Crippen molar-refractivity contribution >= 4 is 11.9 Å². The SMILES string of the molecule is CCC(C)(OCC(C)(C)CO)C(=O)OCC(C)(C)COCC(C)(C)COC(C)(C)C(N)=O. The summed E-state index contributed by atoms with van der Waals surface area (Å²) in [6, 6.07) is 0. The van der Waals surface area contributed by atoms with E-state index in [1.807, 2.05) is 48.5 Å².